The maximum absolute atomic E-state index is 11.2. The van der Waals surface area contributed by atoms with E-state index in [0.717, 1.165) is 0 Å². The fourth-order valence-electron chi connectivity index (χ4n) is 0.970. The summed E-state index contributed by atoms with van der Waals surface area (Å²) in [5.41, 5.74) is 0. The first kappa shape index (κ1) is 10.8. The fraction of sp³-hybridized carbons (Fsp3) is 0.500. The molecule has 78 valence electrons. The number of hydrogen-bond acceptors (Lipinski definition) is 4. The molecule has 1 rings (SSSR count). The lowest BCUT2D eigenvalue weighted by molar-refractivity contribution is 0.0480. The maximum Gasteiger partial charge on any atom is 0.374 e. The summed E-state index contributed by atoms with van der Waals surface area (Å²) in [4.78, 5) is 11.2. The number of ether oxygens (including phenoxy) is 2. The van der Waals surface area contributed by atoms with E-state index in [1.54, 1.807) is 19.1 Å². The van der Waals surface area contributed by atoms with Gasteiger partial charge in [0.2, 0.25) is 5.76 Å². The zero-order chi connectivity index (χ0) is 10.4. The number of furan rings is 1. The van der Waals surface area contributed by atoms with Gasteiger partial charge in [0, 0.05) is 6.61 Å². The quantitative estimate of drug-likeness (QED) is 0.679. The number of esters is 1. The van der Waals surface area contributed by atoms with E-state index in [1.165, 1.54) is 0 Å². The van der Waals surface area contributed by atoms with E-state index >= 15 is 0 Å². The Kier molecular flexibility index (Phi) is 4.19. The Bertz CT molecular complexity index is 290. The molecule has 0 atom stereocenters. The largest absolute Gasteiger partial charge is 0.460 e. The van der Waals surface area contributed by atoms with Gasteiger partial charge in [-0.1, -0.05) is 0 Å². The molecule has 0 aliphatic rings. The Morgan fingerprint density at radius 3 is 2.79 bits per heavy atom. The Hall–Kier alpha value is -1.29. The summed E-state index contributed by atoms with van der Waals surface area (Å²) in [6.45, 7) is 5.00. The third kappa shape index (κ3) is 2.88. The Balaban J connectivity index is 2.54. The second kappa shape index (κ2) is 5.44. The van der Waals surface area contributed by atoms with Crippen LogP contribution in [0.3, 0.4) is 0 Å². The third-order valence-corrected chi connectivity index (χ3v) is 1.59. The van der Waals surface area contributed by atoms with Gasteiger partial charge in [-0.2, -0.15) is 0 Å². The molecule has 0 unspecified atom stereocenters. The van der Waals surface area contributed by atoms with Gasteiger partial charge >= 0.3 is 5.97 Å². The molecular weight excluding hydrogens is 184 g/mol. The highest BCUT2D eigenvalue weighted by molar-refractivity contribution is 5.86. The maximum atomic E-state index is 11.2. The van der Waals surface area contributed by atoms with Crippen LogP contribution in [0.25, 0.3) is 0 Å². The summed E-state index contributed by atoms with van der Waals surface area (Å²) >= 11 is 0. The molecule has 0 amide bonds. The number of carbonyl (C=O) groups is 1. The highest BCUT2D eigenvalue weighted by atomic mass is 16.5. The summed E-state index contributed by atoms with van der Waals surface area (Å²) < 4.78 is 15.1. The average Bonchev–Trinajstić information content (AvgIpc) is 2.63. The summed E-state index contributed by atoms with van der Waals surface area (Å²) in [5.74, 6) is 0.423. The molecule has 0 spiro atoms. The first-order chi connectivity index (χ1) is 6.77. The third-order valence-electron chi connectivity index (χ3n) is 1.59. The second-order valence-electron chi connectivity index (χ2n) is 2.62. The van der Waals surface area contributed by atoms with Crippen molar-refractivity contribution in [2.75, 3.05) is 13.2 Å². The van der Waals surface area contributed by atoms with Crippen LogP contribution in [-0.2, 0) is 16.1 Å². The highest BCUT2D eigenvalue weighted by Gasteiger charge is 2.11. The molecule has 0 N–H and O–H groups in total. The Morgan fingerprint density at radius 2 is 2.14 bits per heavy atom. The minimum Gasteiger partial charge on any atom is -0.460 e. The van der Waals surface area contributed by atoms with Crippen molar-refractivity contribution in [1.29, 1.82) is 0 Å². The molecule has 4 heteroatoms. The van der Waals surface area contributed by atoms with Gasteiger partial charge in [0.15, 0.2) is 0 Å². The van der Waals surface area contributed by atoms with E-state index in [1.807, 2.05) is 6.92 Å². The normalized spacial score (nSPS) is 10.1. The molecule has 14 heavy (non-hydrogen) atoms. The van der Waals surface area contributed by atoms with Crippen LogP contribution >= 0.6 is 0 Å². The molecule has 1 aromatic rings. The van der Waals surface area contributed by atoms with E-state index in [0.29, 0.717) is 25.6 Å². The summed E-state index contributed by atoms with van der Waals surface area (Å²) in [7, 11) is 0. The van der Waals surface area contributed by atoms with Crippen LogP contribution in [0.15, 0.2) is 16.5 Å². The van der Waals surface area contributed by atoms with Gasteiger partial charge < -0.3 is 13.9 Å². The van der Waals surface area contributed by atoms with E-state index in [-0.39, 0.29) is 5.76 Å². The van der Waals surface area contributed by atoms with Crippen molar-refractivity contribution in [1.82, 2.24) is 0 Å². The van der Waals surface area contributed by atoms with Gasteiger partial charge in [-0.25, -0.2) is 4.79 Å². The minimum absolute atomic E-state index is 0.224. The molecule has 0 aromatic carbocycles. The molecule has 0 saturated heterocycles. The molecule has 1 aromatic heterocycles. The smallest absolute Gasteiger partial charge is 0.374 e. The number of rotatable bonds is 5. The van der Waals surface area contributed by atoms with Crippen LogP contribution in [0.1, 0.15) is 30.2 Å². The van der Waals surface area contributed by atoms with Gasteiger partial charge in [0.1, 0.15) is 12.4 Å². The van der Waals surface area contributed by atoms with Crippen LogP contribution in [0, 0.1) is 0 Å². The van der Waals surface area contributed by atoms with Crippen molar-refractivity contribution in [3.05, 3.63) is 23.7 Å². The molecule has 0 saturated carbocycles. The van der Waals surface area contributed by atoms with Crippen molar-refractivity contribution in [2.24, 2.45) is 0 Å². The van der Waals surface area contributed by atoms with E-state index < -0.39 is 5.97 Å². The van der Waals surface area contributed by atoms with E-state index in [4.69, 9.17) is 13.9 Å². The van der Waals surface area contributed by atoms with Crippen molar-refractivity contribution in [3.63, 3.8) is 0 Å². The van der Waals surface area contributed by atoms with Gasteiger partial charge in [-0.3, -0.25) is 0 Å². The van der Waals surface area contributed by atoms with E-state index in [9.17, 15) is 4.79 Å². The SMILES string of the molecule is CCOCc1ccc(C(=O)OCC)o1. The van der Waals surface area contributed by atoms with Crippen LogP contribution in [0.2, 0.25) is 0 Å². The lowest BCUT2D eigenvalue weighted by Crippen LogP contribution is -2.02. The van der Waals surface area contributed by atoms with Crippen LogP contribution in [-0.4, -0.2) is 19.2 Å². The van der Waals surface area contributed by atoms with Crippen LogP contribution < -0.4 is 0 Å². The van der Waals surface area contributed by atoms with Crippen molar-refractivity contribution < 1.29 is 18.7 Å². The Morgan fingerprint density at radius 1 is 1.36 bits per heavy atom. The zero-order valence-corrected chi connectivity index (χ0v) is 8.41. The minimum atomic E-state index is -0.435. The number of hydrogen-bond donors (Lipinski definition) is 0. The van der Waals surface area contributed by atoms with Gasteiger partial charge in [0.25, 0.3) is 0 Å². The van der Waals surface area contributed by atoms with Crippen molar-refractivity contribution in [3.8, 4) is 0 Å². The molecule has 0 aliphatic heterocycles. The van der Waals surface area contributed by atoms with Crippen molar-refractivity contribution >= 4 is 5.97 Å². The molecule has 0 bridgehead atoms. The second-order valence-corrected chi connectivity index (χ2v) is 2.62. The predicted octanol–water partition coefficient (Wildman–Crippen LogP) is 1.99. The average molecular weight is 198 g/mol. The Labute approximate surface area is 82.8 Å². The molecule has 1 heterocycles. The standard InChI is InChI=1S/C10H14O4/c1-3-12-7-8-5-6-9(14-8)10(11)13-4-2/h5-6H,3-4,7H2,1-2H3. The summed E-state index contributed by atoms with van der Waals surface area (Å²) in [6.07, 6.45) is 0. The van der Waals surface area contributed by atoms with Gasteiger partial charge in [-0.05, 0) is 26.0 Å². The lowest BCUT2D eigenvalue weighted by atomic mass is 10.4. The zero-order valence-electron chi connectivity index (χ0n) is 8.41. The molecule has 4 nitrogen and oxygen atoms in total. The van der Waals surface area contributed by atoms with Crippen LogP contribution in [0.5, 0.6) is 0 Å². The van der Waals surface area contributed by atoms with Crippen LogP contribution in [0.4, 0.5) is 0 Å². The fourth-order valence-corrected chi connectivity index (χ4v) is 0.970. The number of carbonyl (C=O) groups excluding carboxylic acids is 1. The highest BCUT2D eigenvalue weighted by Crippen LogP contribution is 2.10. The molecular formula is C10H14O4. The topological polar surface area (TPSA) is 48.7 Å². The first-order valence-electron chi connectivity index (χ1n) is 4.61. The van der Waals surface area contributed by atoms with Gasteiger partial charge in [0.05, 0.1) is 6.61 Å². The van der Waals surface area contributed by atoms with Crippen molar-refractivity contribution in [2.45, 2.75) is 20.5 Å². The molecule has 0 radical (unpaired) electrons. The lowest BCUT2D eigenvalue weighted by Gasteiger charge is -1.98. The summed E-state index contributed by atoms with van der Waals surface area (Å²) in [5, 5.41) is 0. The van der Waals surface area contributed by atoms with Gasteiger partial charge in [-0.15, -0.1) is 0 Å². The monoisotopic (exact) mass is 198 g/mol. The molecule has 0 aliphatic carbocycles. The summed E-state index contributed by atoms with van der Waals surface area (Å²) in [6, 6.07) is 3.30. The predicted molar refractivity (Wildman–Crippen MR) is 50.0 cm³/mol. The van der Waals surface area contributed by atoms with E-state index in [2.05, 4.69) is 0 Å². The molecule has 0 fully saturated rings. The first-order valence-corrected chi connectivity index (χ1v) is 4.61.